The molecule has 3 aromatic carbocycles. The van der Waals surface area contributed by atoms with Crippen molar-refractivity contribution in [3.8, 4) is 0 Å². The highest BCUT2D eigenvalue weighted by Crippen LogP contribution is 2.27. The van der Waals surface area contributed by atoms with Crippen molar-refractivity contribution in [2.45, 2.75) is 18.8 Å². The molecule has 0 aliphatic carbocycles. The summed E-state index contributed by atoms with van der Waals surface area (Å²) >= 11 is 0. The van der Waals surface area contributed by atoms with Crippen LogP contribution in [0.5, 0.6) is 0 Å². The second-order valence-corrected chi connectivity index (χ2v) is 6.60. The van der Waals surface area contributed by atoms with Crippen molar-refractivity contribution in [1.29, 1.82) is 0 Å². The summed E-state index contributed by atoms with van der Waals surface area (Å²) in [4.78, 5) is 21.9. The van der Waals surface area contributed by atoms with Gasteiger partial charge in [0.1, 0.15) is 5.82 Å². The Morgan fingerprint density at radius 1 is 0.964 bits per heavy atom. The topological polar surface area (TPSA) is 66.4 Å². The molecule has 1 unspecified atom stereocenters. The first-order valence-corrected chi connectivity index (χ1v) is 8.92. The average molecular weight is 377 g/mol. The van der Waals surface area contributed by atoms with Crippen LogP contribution in [0.15, 0.2) is 72.8 Å². The van der Waals surface area contributed by atoms with Gasteiger partial charge in [0.15, 0.2) is 0 Å². The van der Waals surface area contributed by atoms with Crippen LogP contribution in [0.25, 0.3) is 0 Å². The smallest absolute Gasteiger partial charge is 0.335 e. The van der Waals surface area contributed by atoms with Crippen molar-refractivity contribution in [3.63, 3.8) is 0 Å². The molecule has 0 spiro atoms. The van der Waals surface area contributed by atoms with E-state index < -0.39 is 11.8 Å². The van der Waals surface area contributed by atoms with Gasteiger partial charge in [-0.2, -0.15) is 0 Å². The number of aromatic carboxylic acids is 1. The number of amides is 1. The fourth-order valence-electron chi connectivity index (χ4n) is 3.31. The summed E-state index contributed by atoms with van der Waals surface area (Å²) in [6.07, 6.45) is 1.71. The molecule has 1 amide bonds. The van der Waals surface area contributed by atoms with Gasteiger partial charge in [-0.3, -0.25) is 4.79 Å². The maximum Gasteiger partial charge on any atom is 0.335 e. The van der Waals surface area contributed by atoms with Crippen molar-refractivity contribution in [1.82, 2.24) is 0 Å². The molecule has 28 heavy (non-hydrogen) atoms. The number of anilines is 1. The zero-order valence-corrected chi connectivity index (χ0v) is 15.1. The van der Waals surface area contributed by atoms with Gasteiger partial charge in [-0.05, 0) is 59.7 Å². The molecule has 0 aromatic heterocycles. The Kier molecular flexibility index (Phi) is 6.17. The first kappa shape index (κ1) is 19.3. The molecule has 0 bridgehead atoms. The number of halogens is 1. The molecule has 0 radical (unpaired) electrons. The quantitative estimate of drug-likeness (QED) is 0.561. The van der Waals surface area contributed by atoms with Crippen LogP contribution < -0.4 is 5.32 Å². The standard InChI is InChI=1S/C23H20FNO3/c24-21-10-9-17(14-22(21)25-15-26)13-20(18-6-2-1-3-7-18)12-16-5-4-8-19(11-16)23(27)28/h1-11,14-15,20H,12-13H2,(H,25,26)(H,27,28). The number of carbonyl (C=O) groups is 2. The predicted molar refractivity (Wildman–Crippen MR) is 106 cm³/mol. The van der Waals surface area contributed by atoms with Gasteiger partial charge in [0.25, 0.3) is 0 Å². The van der Waals surface area contributed by atoms with E-state index in [1.807, 2.05) is 36.4 Å². The highest BCUT2D eigenvalue weighted by Gasteiger charge is 2.15. The molecule has 0 aliphatic heterocycles. The minimum absolute atomic E-state index is 0.0692. The van der Waals surface area contributed by atoms with Crippen LogP contribution in [-0.2, 0) is 17.6 Å². The Balaban J connectivity index is 1.90. The SMILES string of the molecule is O=CNc1cc(CC(Cc2cccc(C(=O)O)c2)c2ccccc2)ccc1F. The highest BCUT2D eigenvalue weighted by molar-refractivity contribution is 5.87. The van der Waals surface area contributed by atoms with E-state index in [-0.39, 0.29) is 17.2 Å². The molecule has 0 saturated heterocycles. The number of carboxylic acids is 1. The number of benzene rings is 3. The van der Waals surface area contributed by atoms with Crippen LogP contribution in [0.2, 0.25) is 0 Å². The molecule has 0 heterocycles. The fraction of sp³-hybridized carbons (Fsp3) is 0.130. The zero-order valence-electron chi connectivity index (χ0n) is 15.1. The fourth-order valence-corrected chi connectivity index (χ4v) is 3.31. The molecule has 4 nitrogen and oxygen atoms in total. The van der Waals surface area contributed by atoms with Gasteiger partial charge in [-0.15, -0.1) is 0 Å². The third kappa shape index (κ3) is 4.82. The Bertz CT molecular complexity index is 973. The van der Waals surface area contributed by atoms with Crippen molar-refractivity contribution >= 4 is 18.1 Å². The Hall–Kier alpha value is -3.47. The van der Waals surface area contributed by atoms with Crippen molar-refractivity contribution in [2.24, 2.45) is 0 Å². The molecule has 3 aromatic rings. The van der Waals surface area contributed by atoms with Crippen molar-refractivity contribution < 1.29 is 19.1 Å². The summed E-state index contributed by atoms with van der Waals surface area (Å²) in [6.45, 7) is 0. The summed E-state index contributed by atoms with van der Waals surface area (Å²) in [6, 6.07) is 21.5. The van der Waals surface area contributed by atoms with Gasteiger partial charge in [0.05, 0.1) is 11.3 Å². The number of hydrogen-bond acceptors (Lipinski definition) is 2. The Labute approximate surface area is 162 Å². The summed E-state index contributed by atoms with van der Waals surface area (Å²) in [5.41, 5.74) is 3.31. The lowest BCUT2D eigenvalue weighted by Crippen LogP contribution is -2.08. The van der Waals surface area contributed by atoms with Gasteiger partial charge in [-0.1, -0.05) is 48.5 Å². The van der Waals surface area contributed by atoms with Crippen LogP contribution >= 0.6 is 0 Å². The second-order valence-electron chi connectivity index (χ2n) is 6.60. The Morgan fingerprint density at radius 3 is 2.36 bits per heavy atom. The number of carbonyl (C=O) groups excluding carboxylic acids is 1. The van der Waals surface area contributed by atoms with E-state index in [0.29, 0.717) is 19.3 Å². The van der Waals surface area contributed by atoms with Crippen LogP contribution in [0.4, 0.5) is 10.1 Å². The third-order valence-electron chi connectivity index (χ3n) is 4.65. The number of rotatable bonds is 8. The number of carboxylic acid groups (broad SMARTS) is 1. The minimum atomic E-state index is -0.957. The molecule has 2 N–H and O–H groups in total. The first-order valence-electron chi connectivity index (χ1n) is 8.92. The molecule has 0 saturated carbocycles. The maximum atomic E-state index is 13.8. The van der Waals surface area contributed by atoms with Gasteiger partial charge in [-0.25, -0.2) is 9.18 Å². The van der Waals surface area contributed by atoms with E-state index in [1.165, 1.54) is 6.07 Å². The monoisotopic (exact) mass is 377 g/mol. The van der Waals surface area contributed by atoms with Crippen LogP contribution in [0, 0.1) is 5.82 Å². The molecule has 1 atom stereocenters. The third-order valence-corrected chi connectivity index (χ3v) is 4.65. The van der Waals surface area contributed by atoms with Gasteiger partial charge >= 0.3 is 5.97 Å². The van der Waals surface area contributed by atoms with E-state index >= 15 is 0 Å². The second kappa shape index (κ2) is 8.95. The van der Waals surface area contributed by atoms with Crippen molar-refractivity contribution in [3.05, 3.63) is 101 Å². The molecule has 142 valence electrons. The van der Waals surface area contributed by atoms with E-state index in [0.717, 1.165) is 16.7 Å². The molecule has 5 heteroatoms. The molecule has 3 rings (SSSR count). The lowest BCUT2D eigenvalue weighted by atomic mass is 9.86. The molecule has 0 aliphatic rings. The van der Waals surface area contributed by atoms with Crippen LogP contribution in [0.3, 0.4) is 0 Å². The zero-order chi connectivity index (χ0) is 19.9. The minimum Gasteiger partial charge on any atom is -0.478 e. The van der Waals surface area contributed by atoms with Gasteiger partial charge < -0.3 is 10.4 Å². The Morgan fingerprint density at radius 2 is 1.68 bits per heavy atom. The van der Waals surface area contributed by atoms with E-state index in [4.69, 9.17) is 0 Å². The molecule has 0 fully saturated rings. The van der Waals surface area contributed by atoms with Crippen molar-refractivity contribution in [2.75, 3.05) is 5.32 Å². The summed E-state index contributed by atoms with van der Waals surface area (Å²) in [7, 11) is 0. The maximum absolute atomic E-state index is 13.8. The van der Waals surface area contributed by atoms with E-state index in [2.05, 4.69) is 5.32 Å². The van der Waals surface area contributed by atoms with Crippen LogP contribution in [-0.4, -0.2) is 17.5 Å². The van der Waals surface area contributed by atoms with E-state index in [1.54, 1.807) is 30.3 Å². The van der Waals surface area contributed by atoms with Gasteiger partial charge in [0.2, 0.25) is 6.41 Å². The van der Waals surface area contributed by atoms with E-state index in [9.17, 15) is 19.1 Å². The molecular weight excluding hydrogens is 357 g/mol. The highest BCUT2D eigenvalue weighted by atomic mass is 19.1. The summed E-state index contributed by atoms with van der Waals surface area (Å²) < 4.78 is 13.8. The lowest BCUT2D eigenvalue weighted by molar-refractivity contribution is -0.105. The number of nitrogens with one attached hydrogen (secondary N) is 1. The molecular formula is C23H20FNO3. The predicted octanol–water partition coefficient (Wildman–Crippen LogP) is 4.66. The average Bonchev–Trinajstić information content (AvgIpc) is 2.71. The summed E-state index contributed by atoms with van der Waals surface area (Å²) in [5, 5.41) is 11.6. The van der Waals surface area contributed by atoms with Gasteiger partial charge in [0, 0.05) is 0 Å². The number of hydrogen-bond donors (Lipinski definition) is 2. The van der Waals surface area contributed by atoms with Crippen LogP contribution in [0.1, 0.15) is 33.0 Å². The normalized spacial score (nSPS) is 11.6. The first-order chi connectivity index (χ1) is 13.6. The summed E-state index contributed by atoms with van der Waals surface area (Å²) in [5.74, 6) is -1.37. The largest absolute Gasteiger partial charge is 0.478 e. The lowest BCUT2D eigenvalue weighted by Gasteiger charge is -2.19.